The molecule has 26 heavy (non-hydrogen) atoms. The Hall–Kier alpha value is -2.66. The van der Waals surface area contributed by atoms with Crippen LogP contribution in [-0.2, 0) is 4.79 Å². The van der Waals surface area contributed by atoms with Crippen LogP contribution in [0.2, 0.25) is 0 Å². The largest absolute Gasteiger partial charge is 0.492 e. The summed E-state index contributed by atoms with van der Waals surface area (Å²) < 4.78 is 5.77. The predicted octanol–water partition coefficient (Wildman–Crippen LogP) is 3.54. The molecule has 0 fully saturated rings. The number of carbonyl (C=O) groups is 2. The van der Waals surface area contributed by atoms with Gasteiger partial charge in [0.1, 0.15) is 12.4 Å². The Morgan fingerprint density at radius 1 is 1.04 bits per heavy atom. The number of ether oxygens (including phenoxy) is 1. The topological polar surface area (TPSA) is 58.6 Å². The highest BCUT2D eigenvalue weighted by Crippen LogP contribution is 2.15. The molecule has 0 aliphatic carbocycles. The zero-order chi connectivity index (χ0) is 18.9. The van der Waals surface area contributed by atoms with Crippen molar-refractivity contribution in [3.8, 4) is 5.75 Å². The summed E-state index contributed by atoms with van der Waals surface area (Å²) in [5, 5.41) is 2.84. The van der Waals surface area contributed by atoms with Crippen molar-refractivity contribution in [3.05, 3.63) is 59.7 Å². The number of rotatable bonds is 9. The van der Waals surface area contributed by atoms with E-state index in [0.717, 1.165) is 17.9 Å². The van der Waals surface area contributed by atoms with Crippen LogP contribution in [0.4, 0.5) is 5.69 Å². The second-order valence-corrected chi connectivity index (χ2v) is 6.35. The van der Waals surface area contributed by atoms with Gasteiger partial charge in [0.05, 0.1) is 0 Å². The highest BCUT2D eigenvalue weighted by Gasteiger charge is 2.07. The Kier molecular flexibility index (Phi) is 7.36. The molecule has 0 unspecified atom stereocenters. The van der Waals surface area contributed by atoms with Crippen LogP contribution in [0.1, 0.15) is 29.3 Å². The Morgan fingerprint density at radius 2 is 1.73 bits per heavy atom. The molecular weight excluding hydrogens is 328 g/mol. The van der Waals surface area contributed by atoms with Gasteiger partial charge < -0.3 is 15.0 Å². The van der Waals surface area contributed by atoms with Crippen molar-refractivity contribution in [2.24, 2.45) is 0 Å². The summed E-state index contributed by atoms with van der Waals surface area (Å²) in [6.45, 7) is 5.51. The number of para-hydroxylation sites is 1. The number of aryl methyl sites for hydroxylation is 1. The molecule has 2 aromatic rings. The fourth-order valence-corrected chi connectivity index (χ4v) is 2.45. The molecule has 0 saturated heterocycles. The van der Waals surface area contributed by atoms with Crippen molar-refractivity contribution >= 4 is 17.4 Å². The van der Waals surface area contributed by atoms with Gasteiger partial charge >= 0.3 is 0 Å². The van der Waals surface area contributed by atoms with Crippen LogP contribution >= 0.6 is 0 Å². The minimum absolute atomic E-state index is 0.0115. The number of hydrogen-bond donors (Lipinski definition) is 1. The minimum Gasteiger partial charge on any atom is -0.492 e. The number of Topliss-reactive ketones (excluding diaryl/α,β-unsaturated/α-hetero) is 1. The van der Waals surface area contributed by atoms with Crippen molar-refractivity contribution in [1.82, 2.24) is 4.90 Å². The SMILES string of the molecule is CC(=O)c1ccc(NC(=O)CCN(C)CCOc2ccccc2C)cc1. The predicted molar refractivity (Wildman–Crippen MR) is 104 cm³/mol. The molecule has 1 N–H and O–H groups in total. The number of amides is 1. The van der Waals surface area contributed by atoms with E-state index in [0.29, 0.717) is 30.8 Å². The van der Waals surface area contributed by atoms with Crippen LogP contribution in [0.25, 0.3) is 0 Å². The third kappa shape index (κ3) is 6.33. The molecule has 0 saturated carbocycles. The molecule has 0 heterocycles. The maximum absolute atomic E-state index is 12.0. The van der Waals surface area contributed by atoms with Crippen molar-refractivity contribution < 1.29 is 14.3 Å². The molecule has 138 valence electrons. The highest BCUT2D eigenvalue weighted by atomic mass is 16.5. The van der Waals surface area contributed by atoms with Gasteiger partial charge in [-0.15, -0.1) is 0 Å². The Labute approximate surface area is 155 Å². The first kappa shape index (κ1) is 19.7. The van der Waals surface area contributed by atoms with Crippen molar-refractivity contribution in [3.63, 3.8) is 0 Å². The number of benzene rings is 2. The van der Waals surface area contributed by atoms with Gasteiger partial charge in [-0.25, -0.2) is 0 Å². The lowest BCUT2D eigenvalue weighted by Gasteiger charge is -2.17. The molecule has 5 heteroatoms. The summed E-state index contributed by atoms with van der Waals surface area (Å²) in [7, 11) is 1.97. The van der Waals surface area contributed by atoms with Crippen LogP contribution in [0.5, 0.6) is 5.75 Å². The zero-order valence-corrected chi connectivity index (χ0v) is 15.6. The van der Waals surface area contributed by atoms with Crippen LogP contribution in [0.3, 0.4) is 0 Å². The summed E-state index contributed by atoms with van der Waals surface area (Å²) in [6.07, 6.45) is 0.398. The van der Waals surface area contributed by atoms with Gasteiger partial charge in [-0.2, -0.15) is 0 Å². The van der Waals surface area contributed by atoms with E-state index in [1.807, 2.05) is 38.2 Å². The van der Waals surface area contributed by atoms with Gasteiger partial charge in [-0.05, 0) is 56.8 Å². The number of likely N-dealkylation sites (N-methyl/N-ethyl adjacent to an activating group) is 1. The number of anilines is 1. The Morgan fingerprint density at radius 3 is 2.38 bits per heavy atom. The van der Waals surface area contributed by atoms with E-state index in [1.54, 1.807) is 24.3 Å². The summed E-state index contributed by atoms with van der Waals surface area (Å²) in [5.41, 5.74) is 2.45. The van der Waals surface area contributed by atoms with Crippen molar-refractivity contribution in [2.45, 2.75) is 20.3 Å². The Balaban J connectivity index is 1.68. The molecule has 0 bridgehead atoms. The summed E-state index contributed by atoms with van der Waals surface area (Å²) in [6, 6.07) is 14.8. The first-order chi connectivity index (χ1) is 12.5. The first-order valence-electron chi connectivity index (χ1n) is 8.73. The first-order valence-corrected chi connectivity index (χ1v) is 8.73. The molecule has 1 amide bonds. The fourth-order valence-electron chi connectivity index (χ4n) is 2.45. The van der Waals surface area contributed by atoms with Gasteiger partial charge in [0.15, 0.2) is 5.78 Å². The van der Waals surface area contributed by atoms with E-state index >= 15 is 0 Å². The second kappa shape index (κ2) is 9.73. The number of nitrogens with zero attached hydrogens (tertiary/aromatic N) is 1. The number of hydrogen-bond acceptors (Lipinski definition) is 4. The average Bonchev–Trinajstić information content (AvgIpc) is 2.62. The molecular formula is C21H26N2O3. The molecule has 0 radical (unpaired) electrons. The lowest BCUT2D eigenvalue weighted by Crippen LogP contribution is -2.28. The van der Waals surface area contributed by atoms with E-state index in [9.17, 15) is 9.59 Å². The monoisotopic (exact) mass is 354 g/mol. The maximum Gasteiger partial charge on any atom is 0.225 e. The van der Waals surface area contributed by atoms with Crippen molar-refractivity contribution in [2.75, 3.05) is 32.1 Å². The third-order valence-electron chi connectivity index (χ3n) is 4.12. The summed E-state index contributed by atoms with van der Waals surface area (Å²) >= 11 is 0. The third-order valence-corrected chi connectivity index (χ3v) is 4.12. The highest BCUT2D eigenvalue weighted by molar-refractivity contribution is 5.95. The minimum atomic E-state index is -0.0488. The average molecular weight is 354 g/mol. The van der Waals surface area contributed by atoms with Crippen LogP contribution in [0, 0.1) is 6.92 Å². The lowest BCUT2D eigenvalue weighted by atomic mass is 10.1. The quantitative estimate of drug-likeness (QED) is 0.700. The molecule has 0 aliphatic rings. The van der Waals surface area contributed by atoms with E-state index in [4.69, 9.17) is 4.74 Å². The molecule has 0 spiro atoms. The number of ketones is 1. The molecule has 5 nitrogen and oxygen atoms in total. The molecule has 0 atom stereocenters. The van der Waals surface area contributed by atoms with E-state index in [1.165, 1.54) is 6.92 Å². The van der Waals surface area contributed by atoms with Crippen LogP contribution in [0.15, 0.2) is 48.5 Å². The van der Waals surface area contributed by atoms with E-state index in [2.05, 4.69) is 10.2 Å². The molecule has 0 aliphatic heterocycles. The van der Waals surface area contributed by atoms with Gasteiger partial charge in [-0.1, -0.05) is 18.2 Å². The van der Waals surface area contributed by atoms with Gasteiger partial charge in [0, 0.05) is 30.8 Å². The lowest BCUT2D eigenvalue weighted by molar-refractivity contribution is -0.116. The summed E-state index contributed by atoms with van der Waals surface area (Å²) in [5.74, 6) is 0.859. The smallest absolute Gasteiger partial charge is 0.225 e. The van der Waals surface area contributed by atoms with Crippen molar-refractivity contribution in [1.29, 1.82) is 0 Å². The number of carbonyl (C=O) groups excluding carboxylic acids is 2. The van der Waals surface area contributed by atoms with E-state index in [-0.39, 0.29) is 11.7 Å². The molecule has 2 rings (SSSR count). The second-order valence-electron chi connectivity index (χ2n) is 6.35. The molecule has 2 aromatic carbocycles. The fraction of sp³-hybridized carbons (Fsp3) is 0.333. The van der Waals surface area contributed by atoms with Gasteiger partial charge in [0.2, 0.25) is 5.91 Å². The molecule has 0 aromatic heterocycles. The number of nitrogens with one attached hydrogen (secondary N) is 1. The van der Waals surface area contributed by atoms with E-state index < -0.39 is 0 Å². The van der Waals surface area contributed by atoms with Gasteiger partial charge in [0.25, 0.3) is 0 Å². The normalized spacial score (nSPS) is 10.6. The Bertz CT molecular complexity index is 741. The van der Waals surface area contributed by atoms with Crippen LogP contribution in [-0.4, -0.2) is 43.3 Å². The van der Waals surface area contributed by atoms with Gasteiger partial charge in [-0.3, -0.25) is 9.59 Å². The standard InChI is InChI=1S/C21H26N2O3/c1-16-6-4-5-7-20(16)26-15-14-23(3)13-12-21(25)22-19-10-8-18(9-11-19)17(2)24/h4-11H,12-15H2,1-3H3,(H,22,25). The summed E-state index contributed by atoms with van der Waals surface area (Å²) in [4.78, 5) is 25.4. The van der Waals surface area contributed by atoms with Crippen LogP contribution < -0.4 is 10.1 Å². The maximum atomic E-state index is 12.0. The zero-order valence-electron chi connectivity index (χ0n) is 15.6.